The van der Waals surface area contributed by atoms with E-state index in [2.05, 4.69) is 12.1 Å². The van der Waals surface area contributed by atoms with Gasteiger partial charge in [-0.3, -0.25) is 0 Å². The fourth-order valence-corrected chi connectivity index (χ4v) is 4.20. The molecule has 0 saturated heterocycles. The van der Waals surface area contributed by atoms with Gasteiger partial charge in [-0.15, -0.1) is 11.3 Å². The predicted octanol–water partition coefficient (Wildman–Crippen LogP) is 4.46. The van der Waals surface area contributed by atoms with Gasteiger partial charge in [-0.05, 0) is 57.2 Å². The number of thiophene rings is 1. The molecule has 2 N–H and O–H groups in total. The summed E-state index contributed by atoms with van der Waals surface area (Å²) in [6.07, 6.45) is 5.22. The minimum Gasteiger partial charge on any atom is -0.491 e. The first-order valence-electron chi connectivity index (χ1n) is 7.78. The van der Waals surface area contributed by atoms with E-state index < -0.39 is 0 Å². The van der Waals surface area contributed by atoms with Gasteiger partial charge in [-0.1, -0.05) is 18.2 Å². The smallest absolute Gasteiger partial charge is 0.124 e. The van der Waals surface area contributed by atoms with Crippen LogP contribution in [0.1, 0.15) is 53.6 Å². The van der Waals surface area contributed by atoms with E-state index in [1.807, 2.05) is 43.4 Å². The van der Waals surface area contributed by atoms with Crippen LogP contribution in [0.25, 0.3) is 0 Å². The number of benzene rings is 1. The van der Waals surface area contributed by atoms with Crippen molar-refractivity contribution in [1.29, 1.82) is 0 Å². The average Bonchev–Trinajstić information content (AvgIpc) is 2.90. The van der Waals surface area contributed by atoms with Crippen LogP contribution < -0.4 is 10.5 Å². The number of para-hydroxylation sites is 1. The summed E-state index contributed by atoms with van der Waals surface area (Å²) in [7, 11) is 0. The van der Waals surface area contributed by atoms with Gasteiger partial charge in [0.25, 0.3) is 0 Å². The first-order chi connectivity index (χ1) is 10.1. The second-order valence-corrected chi connectivity index (χ2v) is 7.15. The Morgan fingerprint density at radius 1 is 1.14 bits per heavy atom. The molecule has 2 nitrogen and oxygen atoms in total. The Hall–Kier alpha value is -1.32. The number of fused-ring (bicyclic) bond motifs is 1. The SMILES string of the molecule is CC(C)Oc1ccccc1C(N)c1cc2c(s1)CCCC2. The number of hydrogen-bond acceptors (Lipinski definition) is 3. The summed E-state index contributed by atoms with van der Waals surface area (Å²) in [5.41, 5.74) is 9.14. The number of nitrogens with two attached hydrogens (primary N) is 1. The van der Waals surface area contributed by atoms with E-state index in [0.29, 0.717) is 0 Å². The van der Waals surface area contributed by atoms with E-state index in [1.165, 1.54) is 41.0 Å². The molecule has 112 valence electrons. The van der Waals surface area contributed by atoms with Gasteiger partial charge in [0.2, 0.25) is 0 Å². The van der Waals surface area contributed by atoms with E-state index in [-0.39, 0.29) is 12.1 Å². The highest BCUT2D eigenvalue weighted by Gasteiger charge is 2.20. The van der Waals surface area contributed by atoms with Crippen molar-refractivity contribution in [3.05, 3.63) is 51.2 Å². The Bertz CT molecular complexity index is 594. The number of ether oxygens (including phenoxy) is 1. The van der Waals surface area contributed by atoms with Gasteiger partial charge < -0.3 is 10.5 Å². The van der Waals surface area contributed by atoms with Crippen molar-refractivity contribution in [2.45, 2.75) is 51.7 Å². The highest BCUT2D eigenvalue weighted by Crippen LogP contribution is 2.36. The third-order valence-electron chi connectivity index (χ3n) is 3.94. The fourth-order valence-electron chi connectivity index (χ4n) is 2.92. The fraction of sp³-hybridized carbons (Fsp3) is 0.444. The van der Waals surface area contributed by atoms with E-state index in [1.54, 1.807) is 0 Å². The van der Waals surface area contributed by atoms with Crippen molar-refractivity contribution in [2.24, 2.45) is 5.73 Å². The molecule has 3 rings (SSSR count). The molecule has 3 heteroatoms. The quantitative estimate of drug-likeness (QED) is 0.904. The Balaban J connectivity index is 1.91. The maximum atomic E-state index is 6.54. The van der Waals surface area contributed by atoms with E-state index in [4.69, 9.17) is 10.5 Å². The molecule has 0 aliphatic heterocycles. The molecule has 1 aliphatic carbocycles. The molecule has 0 fully saturated rings. The van der Waals surface area contributed by atoms with E-state index in [0.717, 1.165) is 11.3 Å². The van der Waals surface area contributed by atoms with Crippen LogP contribution in [-0.2, 0) is 12.8 Å². The molecule has 1 aromatic carbocycles. The zero-order valence-electron chi connectivity index (χ0n) is 12.8. The lowest BCUT2D eigenvalue weighted by Crippen LogP contribution is -2.14. The third kappa shape index (κ3) is 3.14. The second kappa shape index (κ2) is 6.20. The van der Waals surface area contributed by atoms with Crippen molar-refractivity contribution < 1.29 is 4.74 Å². The zero-order valence-corrected chi connectivity index (χ0v) is 13.6. The van der Waals surface area contributed by atoms with Gasteiger partial charge >= 0.3 is 0 Å². The van der Waals surface area contributed by atoms with Crippen LogP contribution in [0, 0.1) is 0 Å². The minimum atomic E-state index is -0.0875. The molecule has 1 atom stereocenters. The first kappa shape index (κ1) is 14.6. The van der Waals surface area contributed by atoms with Crippen LogP contribution >= 0.6 is 11.3 Å². The van der Waals surface area contributed by atoms with Crippen LogP contribution in [0.3, 0.4) is 0 Å². The Labute approximate surface area is 130 Å². The minimum absolute atomic E-state index is 0.0875. The maximum absolute atomic E-state index is 6.54. The average molecular weight is 301 g/mol. The Morgan fingerprint density at radius 3 is 2.67 bits per heavy atom. The van der Waals surface area contributed by atoms with Crippen molar-refractivity contribution >= 4 is 11.3 Å². The molecule has 1 aromatic heterocycles. The van der Waals surface area contributed by atoms with Crippen LogP contribution in [0.2, 0.25) is 0 Å². The predicted molar refractivity (Wildman–Crippen MR) is 89.2 cm³/mol. The van der Waals surface area contributed by atoms with Crippen molar-refractivity contribution in [1.82, 2.24) is 0 Å². The molecule has 0 amide bonds. The maximum Gasteiger partial charge on any atom is 0.124 e. The lowest BCUT2D eigenvalue weighted by atomic mass is 9.98. The van der Waals surface area contributed by atoms with Crippen LogP contribution in [0.5, 0.6) is 5.75 Å². The number of rotatable bonds is 4. The van der Waals surface area contributed by atoms with E-state index in [9.17, 15) is 0 Å². The lowest BCUT2D eigenvalue weighted by Gasteiger charge is -2.18. The number of hydrogen-bond donors (Lipinski definition) is 1. The van der Waals surface area contributed by atoms with Crippen molar-refractivity contribution in [2.75, 3.05) is 0 Å². The molecule has 0 radical (unpaired) electrons. The van der Waals surface area contributed by atoms with Gasteiger partial charge in [0.15, 0.2) is 0 Å². The Kier molecular flexibility index (Phi) is 4.32. The van der Waals surface area contributed by atoms with Gasteiger partial charge in [-0.2, -0.15) is 0 Å². The second-order valence-electron chi connectivity index (χ2n) is 5.99. The summed E-state index contributed by atoms with van der Waals surface area (Å²) in [6, 6.07) is 10.4. The normalized spacial score (nSPS) is 15.8. The third-order valence-corrected chi connectivity index (χ3v) is 5.26. The Morgan fingerprint density at radius 2 is 1.90 bits per heavy atom. The molecule has 1 unspecified atom stereocenters. The molecule has 1 heterocycles. The van der Waals surface area contributed by atoms with Gasteiger partial charge in [0.1, 0.15) is 5.75 Å². The first-order valence-corrected chi connectivity index (χ1v) is 8.59. The monoisotopic (exact) mass is 301 g/mol. The highest BCUT2D eigenvalue weighted by atomic mass is 32.1. The van der Waals surface area contributed by atoms with Crippen molar-refractivity contribution in [3.63, 3.8) is 0 Å². The van der Waals surface area contributed by atoms with Crippen LogP contribution in [0.4, 0.5) is 0 Å². The van der Waals surface area contributed by atoms with E-state index >= 15 is 0 Å². The summed E-state index contributed by atoms with van der Waals surface area (Å²) < 4.78 is 5.91. The molecule has 1 aliphatic rings. The summed E-state index contributed by atoms with van der Waals surface area (Å²) in [5, 5.41) is 0. The molecule has 2 aromatic rings. The van der Waals surface area contributed by atoms with Gasteiger partial charge in [-0.25, -0.2) is 0 Å². The van der Waals surface area contributed by atoms with Gasteiger partial charge in [0.05, 0.1) is 12.1 Å². The molecular formula is C18H23NOS. The topological polar surface area (TPSA) is 35.2 Å². The summed E-state index contributed by atoms with van der Waals surface area (Å²) in [6.45, 7) is 4.10. The molecule has 0 spiro atoms. The summed E-state index contributed by atoms with van der Waals surface area (Å²) in [5.74, 6) is 0.909. The highest BCUT2D eigenvalue weighted by molar-refractivity contribution is 7.12. The molecular weight excluding hydrogens is 278 g/mol. The summed E-state index contributed by atoms with van der Waals surface area (Å²) >= 11 is 1.89. The largest absolute Gasteiger partial charge is 0.491 e. The van der Waals surface area contributed by atoms with Crippen molar-refractivity contribution in [3.8, 4) is 5.75 Å². The van der Waals surface area contributed by atoms with Crippen LogP contribution in [0.15, 0.2) is 30.3 Å². The molecule has 0 saturated carbocycles. The number of aryl methyl sites for hydroxylation is 2. The summed E-state index contributed by atoms with van der Waals surface area (Å²) in [4.78, 5) is 2.80. The van der Waals surface area contributed by atoms with Crippen LogP contribution in [-0.4, -0.2) is 6.10 Å². The molecule has 0 bridgehead atoms. The van der Waals surface area contributed by atoms with Gasteiger partial charge in [0, 0.05) is 15.3 Å². The standard InChI is InChI=1S/C18H23NOS/c1-12(2)20-15-9-5-4-8-14(15)18(19)17-11-13-7-3-6-10-16(13)21-17/h4-5,8-9,11-12,18H,3,6-7,10,19H2,1-2H3. The lowest BCUT2D eigenvalue weighted by molar-refractivity contribution is 0.239. The zero-order chi connectivity index (χ0) is 14.8. The molecule has 21 heavy (non-hydrogen) atoms.